The summed E-state index contributed by atoms with van der Waals surface area (Å²) >= 11 is 0. The van der Waals surface area contributed by atoms with Gasteiger partial charge in [-0.1, -0.05) is 18.2 Å². The first kappa shape index (κ1) is 16.2. The number of para-hydroxylation sites is 1. The van der Waals surface area contributed by atoms with E-state index in [0.717, 1.165) is 23.3 Å². The predicted molar refractivity (Wildman–Crippen MR) is 91.0 cm³/mol. The van der Waals surface area contributed by atoms with Crippen LogP contribution < -0.4 is 19.5 Å². The summed E-state index contributed by atoms with van der Waals surface area (Å²) in [6, 6.07) is 11.2. The van der Waals surface area contributed by atoms with Crippen molar-refractivity contribution in [3.8, 4) is 17.2 Å². The molecule has 0 saturated heterocycles. The van der Waals surface area contributed by atoms with E-state index in [9.17, 15) is 4.79 Å². The number of amides is 1. The first-order chi connectivity index (χ1) is 11.7. The van der Waals surface area contributed by atoms with Crippen LogP contribution in [0.15, 0.2) is 36.4 Å². The molecule has 5 nitrogen and oxygen atoms in total. The second-order valence-corrected chi connectivity index (χ2v) is 5.66. The molecule has 0 radical (unpaired) electrons. The van der Waals surface area contributed by atoms with E-state index in [1.165, 1.54) is 0 Å². The maximum absolute atomic E-state index is 12.6. The van der Waals surface area contributed by atoms with E-state index in [4.69, 9.17) is 14.2 Å². The van der Waals surface area contributed by atoms with E-state index in [0.29, 0.717) is 36.8 Å². The molecule has 0 aliphatic carbocycles. The Kier molecular flexibility index (Phi) is 4.89. The van der Waals surface area contributed by atoms with Crippen LogP contribution in [0.5, 0.6) is 17.2 Å². The first-order valence-corrected chi connectivity index (χ1v) is 7.99. The molecule has 126 valence electrons. The fourth-order valence-corrected chi connectivity index (χ4v) is 2.67. The minimum Gasteiger partial charge on any atom is -0.496 e. The molecule has 0 bridgehead atoms. The van der Waals surface area contributed by atoms with Gasteiger partial charge in [-0.25, -0.2) is 0 Å². The summed E-state index contributed by atoms with van der Waals surface area (Å²) in [6.45, 7) is 3.52. The fourth-order valence-electron chi connectivity index (χ4n) is 2.67. The van der Waals surface area contributed by atoms with Crippen LogP contribution >= 0.6 is 0 Å². The van der Waals surface area contributed by atoms with Crippen LogP contribution in [-0.2, 0) is 6.54 Å². The average molecular weight is 327 g/mol. The summed E-state index contributed by atoms with van der Waals surface area (Å²) in [5, 5.41) is 2.94. The molecule has 0 fully saturated rings. The zero-order valence-electron chi connectivity index (χ0n) is 13.9. The molecule has 0 atom stereocenters. The molecular weight excluding hydrogens is 306 g/mol. The molecule has 1 N–H and O–H groups in total. The SMILES string of the molecule is COc1ccccc1CNC(=O)c1cc2c(cc1C)OCCCO2. The highest BCUT2D eigenvalue weighted by molar-refractivity contribution is 5.96. The average Bonchev–Trinajstić information content (AvgIpc) is 2.84. The zero-order valence-corrected chi connectivity index (χ0v) is 13.9. The number of ether oxygens (including phenoxy) is 3. The van der Waals surface area contributed by atoms with Crippen molar-refractivity contribution in [2.75, 3.05) is 20.3 Å². The number of hydrogen-bond acceptors (Lipinski definition) is 4. The molecule has 0 saturated carbocycles. The molecule has 0 unspecified atom stereocenters. The standard InChI is InChI=1S/C19H21NO4/c1-13-10-17-18(24-9-5-8-23-17)11-15(13)19(21)20-12-14-6-3-4-7-16(14)22-2/h3-4,6-7,10-11H,5,8-9,12H2,1-2H3,(H,20,21). The van der Waals surface area contributed by atoms with E-state index in [2.05, 4.69) is 5.32 Å². The normalized spacial score (nSPS) is 13.1. The summed E-state index contributed by atoms with van der Waals surface area (Å²) in [5.41, 5.74) is 2.38. The number of methoxy groups -OCH3 is 1. The van der Waals surface area contributed by atoms with E-state index in [1.807, 2.05) is 37.3 Å². The number of carbonyl (C=O) groups excluding carboxylic acids is 1. The van der Waals surface area contributed by atoms with Crippen molar-refractivity contribution in [2.45, 2.75) is 19.9 Å². The summed E-state index contributed by atoms with van der Waals surface area (Å²) in [5.74, 6) is 1.94. The molecule has 1 aliphatic rings. The Morgan fingerprint density at radius 2 is 1.88 bits per heavy atom. The molecule has 1 heterocycles. The number of aryl methyl sites for hydroxylation is 1. The maximum atomic E-state index is 12.6. The van der Waals surface area contributed by atoms with Gasteiger partial charge in [0, 0.05) is 24.1 Å². The van der Waals surface area contributed by atoms with Crippen molar-refractivity contribution in [1.29, 1.82) is 0 Å². The molecule has 24 heavy (non-hydrogen) atoms. The lowest BCUT2D eigenvalue weighted by molar-refractivity contribution is 0.0949. The quantitative estimate of drug-likeness (QED) is 0.937. The Labute approximate surface area is 141 Å². The second kappa shape index (κ2) is 7.25. The minimum absolute atomic E-state index is 0.144. The molecule has 5 heteroatoms. The molecule has 1 amide bonds. The van der Waals surface area contributed by atoms with Gasteiger partial charge in [0.15, 0.2) is 11.5 Å². The summed E-state index contributed by atoms with van der Waals surface area (Å²) in [7, 11) is 1.62. The van der Waals surface area contributed by atoms with Crippen LogP contribution in [0, 0.1) is 6.92 Å². The summed E-state index contributed by atoms with van der Waals surface area (Å²) in [4.78, 5) is 12.6. The van der Waals surface area contributed by atoms with Crippen LogP contribution in [0.3, 0.4) is 0 Å². The third-order valence-electron chi connectivity index (χ3n) is 3.97. The van der Waals surface area contributed by atoms with Crippen LogP contribution in [0.25, 0.3) is 0 Å². The Hall–Kier alpha value is -2.69. The Morgan fingerprint density at radius 3 is 2.62 bits per heavy atom. The number of rotatable bonds is 4. The summed E-state index contributed by atoms with van der Waals surface area (Å²) < 4.78 is 16.6. The largest absolute Gasteiger partial charge is 0.496 e. The highest BCUT2D eigenvalue weighted by Crippen LogP contribution is 2.32. The van der Waals surface area contributed by atoms with Crippen molar-refractivity contribution in [3.63, 3.8) is 0 Å². The lowest BCUT2D eigenvalue weighted by Gasteiger charge is -2.13. The highest BCUT2D eigenvalue weighted by atomic mass is 16.5. The number of carbonyl (C=O) groups is 1. The Balaban J connectivity index is 1.76. The third-order valence-corrected chi connectivity index (χ3v) is 3.97. The van der Waals surface area contributed by atoms with Crippen molar-refractivity contribution >= 4 is 5.91 Å². The van der Waals surface area contributed by atoms with Gasteiger partial charge in [-0.05, 0) is 30.7 Å². The molecule has 1 aliphatic heterocycles. The smallest absolute Gasteiger partial charge is 0.251 e. The van der Waals surface area contributed by atoms with Crippen molar-refractivity contribution < 1.29 is 19.0 Å². The van der Waals surface area contributed by atoms with Crippen molar-refractivity contribution in [3.05, 3.63) is 53.1 Å². The van der Waals surface area contributed by atoms with Gasteiger partial charge < -0.3 is 19.5 Å². The van der Waals surface area contributed by atoms with Gasteiger partial charge in [0.25, 0.3) is 5.91 Å². The Morgan fingerprint density at radius 1 is 1.17 bits per heavy atom. The maximum Gasteiger partial charge on any atom is 0.251 e. The van der Waals surface area contributed by atoms with Gasteiger partial charge in [0.2, 0.25) is 0 Å². The monoisotopic (exact) mass is 327 g/mol. The molecule has 3 rings (SSSR count). The fraction of sp³-hybridized carbons (Fsp3) is 0.316. The van der Waals surface area contributed by atoms with Crippen molar-refractivity contribution in [2.24, 2.45) is 0 Å². The summed E-state index contributed by atoms with van der Waals surface area (Å²) in [6.07, 6.45) is 0.836. The van der Waals surface area contributed by atoms with E-state index in [1.54, 1.807) is 13.2 Å². The highest BCUT2D eigenvalue weighted by Gasteiger charge is 2.17. The molecule has 2 aromatic rings. The minimum atomic E-state index is -0.144. The van der Waals surface area contributed by atoms with Crippen LogP contribution in [0.4, 0.5) is 0 Å². The molecule has 0 spiro atoms. The topological polar surface area (TPSA) is 56.8 Å². The van der Waals surface area contributed by atoms with Gasteiger partial charge in [-0.3, -0.25) is 4.79 Å². The molecule has 2 aromatic carbocycles. The molecular formula is C19H21NO4. The Bertz CT molecular complexity index is 742. The van der Waals surface area contributed by atoms with Crippen LogP contribution in [0.2, 0.25) is 0 Å². The van der Waals surface area contributed by atoms with Crippen molar-refractivity contribution in [1.82, 2.24) is 5.32 Å². The lowest BCUT2D eigenvalue weighted by Crippen LogP contribution is -2.24. The van der Waals surface area contributed by atoms with Crippen LogP contribution in [-0.4, -0.2) is 26.2 Å². The second-order valence-electron chi connectivity index (χ2n) is 5.66. The number of fused-ring (bicyclic) bond motifs is 1. The van der Waals surface area contributed by atoms with E-state index >= 15 is 0 Å². The van der Waals surface area contributed by atoms with Crippen LogP contribution in [0.1, 0.15) is 27.9 Å². The molecule has 0 aromatic heterocycles. The number of nitrogens with one attached hydrogen (secondary N) is 1. The van der Waals surface area contributed by atoms with E-state index in [-0.39, 0.29) is 5.91 Å². The first-order valence-electron chi connectivity index (χ1n) is 7.99. The van der Waals surface area contributed by atoms with Gasteiger partial charge >= 0.3 is 0 Å². The zero-order chi connectivity index (χ0) is 16.9. The predicted octanol–water partition coefficient (Wildman–Crippen LogP) is 3.09. The van der Waals surface area contributed by atoms with Gasteiger partial charge in [-0.2, -0.15) is 0 Å². The van der Waals surface area contributed by atoms with Gasteiger partial charge in [0.05, 0.1) is 20.3 Å². The number of hydrogen-bond donors (Lipinski definition) is 1. The van der Waals surface area contributed by atoms with Gasteiger partial charge in [-0.15, -0.1) is 0 Å². The van der Waals surface area contributed by atoms with Gasteiger partial charge in [0.1, 0.15) is 5.75 Å². The number of benzene rings is 2. The third kappa shape index (κ3) is 3.45. The lowest BCUT2D eigenvalue weighted by atomic mass is 10.1. The van der Waals surface area contributed by atoms with E-state index < -0.39 is 0 Å².